The smallest absolute Gasteiger partial charge is 0.237 e. The quantitative estimate of drug-likeness (QED) is 0.294. The fraction of sp³-hybridized carbons (Fsp3) is 0.286. The van der Waals surface area contributed by atoms with E-state index in [1.165, 1.54) is 28.5 Å². The molecule has 0 N–H and O–H groups in total. The van der Waals surface area contributed by atoms with Gasteiger partial charge in [-0.1, -0.05) is 78.8 Å². The van der Waals surface area contributed by atoms with Crippen LogP contribution in [0.2, 0.25) is 0 Å². The Morgan fingerprint density at radius 2 is 1.76 bits per heavy atom. The van der Waals surface area contributed by atoms with E-state index >= 15 is 0 Å². The number of amides is 1. The van der Waals surface area contributed by atoms with Crippen LogP contribution in [0, 0.1) is 6.92 Å². The van der Waals surface area contributed by atoms with E-state index in [0.717, 1.165) is 26.7 Å². The SMILES string of the molecule is Cc1ccc2c(c1)[C@](C)(c1ccccc1)CC(C)(C)N2C(=O)CSc1nc2ccccc2s1. The number of thioether (sulfide) groups is 1. The van der Waals surface area contributed by atoms with Crippen LogP contribution in [0.4, 0.5) is 5.69 Å². The first-order valence-electron chi connectivity index (χ1n) is 11.3. The second-order valence-electron chi connectivity index (χ2n) is 9.67. The van der Waals surface area contributed by atoms with Gasteiger partial charge >= 0.3 is 0 Å². The Morgan fingerprint density at radius 1 is 1.03 bits per heavy atom. The van der Waals surface area contributed by atoms with E-state index in [2.05, 4.69) is 82.3 Å². The topological polar surface area (TPSA) is 33.2 Å². The highest BCUT2D eigenvalue weighted by Crippen LogP contribution is 2.50. The summed E-state index contributed by atoms with van der Waals surface area (Å²) in [7, 11) is 0. The zero-order valence-electron chi connectivity index (χ0n) is 19.5. The molecule has 0 fully saturated rings. The average molecular weight is 473 g/mol. The van der Waals surface area contributed by atoms with Crippen LogP contribution in [0.3, 0.4) is 0 Å². The lowest BCUT2D eigenvalue weighted by molar-refractivity contribution is -0.117. The Balaban J connectivity index is 1.50. The third-order valence-corrected chi connectivity index (χ3v) is 8.80. The number of carbonyl (C=O) groups excluding carboxylic acids is 1. The first-order valence-corrected chi connectivity index (χ1v) is 13.1. The molecule has 0 spiro atoms. The minimum atomic E-state index is -0.321. The summed E-state index contributed by atoms with van der Waals surface area (Å²) < 4.78 is 2.10. The molecule has 0 saturated carbocycles. The van der Waals surface area contributed by atoms with Crippen molar-refractivity contribution in [2.24, 2.45) is 0 Å². The molecule has 1 aliphatic heterocycles. The molecule has 1 aliphatic rings. The van der Waals surface area contributed by atoms with E-state index in [0.29, 0.717) is 5.75 Å². The molecule has 1 atom stereocenters. The Bertz CT molecular complexity index is 1300. The van der Waals surface area contributed by atoms with Gasteiger partial charge in [0.05, 0.1) is 16.0 Å². The van der Waals surface area contributed by atoms with Crippen LogP contribution in [0.5, 0.6) is 0 Å². The summed E-state index contributed by atoms with van der Waals surface area (Å²) in [6, 6.07) is 25.3. The number of hydrogen-bond donors (Lipinski definition) is 0. The van der Waals surface area contributed by atoms with Crippen molar-refractivity contribution < 1.29 is 4.79 Å². The summed E-state index contributed by atoms with van der Waals surface area (Å²) >= 11 is 3.19. The Labute approximate surface area is 203 Å². The van der Waals surface area contributed by atoms with Gasteiger partial charge in [-0.3, -0.25) is 4.79 Å². The van der Waals surface area contributed by atoms with Crippen molar-refractivity contribution in [2.45, 2.75) is 49.4 Å². The third-order valence-electron chi connectivity index (χ3n) is 6.63. The monoisotopic (exact) mass is 472 g/mol. The van der Waals surface area contributed by atoms with E-state index in [1.54, 1.807) is 11.3 Å². The van der Waals surface area contributed by atoms with Gasteiger partial charge in [-0.2, -0.15) is 0 Å². The lowest BCUT2D eigenvalue weighted by Gasteiger charge is -2.51. The Morgan fingerprint density at radius 3 is 2.52 bits per heavy atom. The van der Waals surface area contributed by atoms with Crippen LogP contribution in [0.25, 0.3) is 10.2 Å². The molecule has 1 aromatic heterocycles. The molecular formula is C28H28N2OS2. The van der Waals surface area contributed by atoms with Crippen molar-refractivity contribution >= 4 is 44.9 Å². The minimum Gasteiger partial charge on any atom is -0.306 e. The molecule has 0 saturated heterocycles. The highest BCUT2D eigenvalue weighted by atomic mass is 32.2. The molecule has 3 aromatic carbocycles. The summed E-state index contributed by atoms with van der Waals surface area (Å²) in [5, 5.41) is 0. The molecule has 3 nitrogen and oxygen atoms in total. The van der Waals surface area contributed by atoms with E-state index in [1.807, 2.05) is 23.1 Å². The van der Waals surface area contributed by atoms with Gasteiger partial charge in [0, 0.05) is 16.6 Å². The van der Waals surface area contributed by atoms with E-state index in [9.17, 15) is 4.79 Å². The summed E-state index contributed by atoms with van der Waals surface area (Å²) in [5.74, 6) is 0.503. The number of aryl methyl sites for hydroxylation is 1. The van der Waals surface area contributed by atoms with Crippen molar-refractivity contribution in [2.75, 3.05) is 10.7 Å². The van der Waals surface area contributed by atoms with Crippen LogP contribution >= 0.6 is 23.1 Å². The number of nitrogens with zero attached hydrogens (tertiary/aromatic N) is 2. The number of benzene rings is 3. The fourth-order valence-corrected chi connectivity index (χ4v) is 7.21. The average Bonchev–Trinajstić information content (AvgIpc) is 3.21. The van der Waals surface area contributed by atoms with Crippen LogP contribution in [0.15, 0.2) is 77.1 Å². The molecule has 5 heteroatoms. The predicted molar refractivity (Wildman–Crippen MR) is 141 cm³/mol. The van der Waals surface area contributed by atoms with Gasteiger partial charge in [-0.05, 0) is 56.5 Å². The summed E-state index contributed by atoms with van der Waals surface area (Å²) in [5.41, 5.74) is 5.27. The zero-order chi connectivity index (χ0) is 23.2. The van der Waals surface area contributed by atoms with Gasteiger partial charge in [-0.15, -0.1) is 11.3 Å². The van der Waals surface area contributed by atoms with E-state index in [-0.39, 0.29) is 16.9 Å². The first kappa shape index (κ1) is 22.2. The van der Waals surface area contributed by atoms with Gasteiger partial charge in [0.1, 0.15) is 0 Å². The Hall–Kier alpha value is -2.63. The van der Waals surface area contributed by atoms with Gasteiger partial charge in [0.2, 0.25) is 5.91 Å². The summed E-state index contributed by atoms with van der Waals surface area (Å²) in [4.78, 5) is 20.4. The molecule has 0 radical (unpaired) electrons. The number of hydrogen-bond acceptors (Lipinski definition) is 4. The predicted octanol–water partition coefficient (Wildman–Crippen LogP) is 7.22. The molecule has 0 bridgehead atoms. The number of thiazole rings is 1. The van der Waals surface area contributed by atoms with Crippen molar-refractivity contribution in [3.8, 4) is 0 Å². The highest BCUT2D eigenvalue weighted by molar-refractivity contribution is 8.01. The van der Waals surface area contributed by atoms with Gasteiger partial charge in [-0.25, -0.2) is 4.98 Å². The molecule has 0 unspecified atom stereocenters. The highest BCUT2D eigenvalue weighted by Gasteiger charge is 2.47. The number of anilines is 1. The number of fused-ring (bicyclic) bond motifs is 2. The summed E-state index contributed by atoms with van der Waals surface area (Å²) in [6.45, 7) is 8.83. The fourth-order valence-electron chi connectivity index (χ4n) is 5.29. The Kier molecular flexibility index (Phi) is 5.58. The second kappa shape index (κ2) is 8.30. The first-order chi connectivity index (χ1) is 15.8. The maximum atomic E-state index is 13.7. The van der Waals surface area contributed by atoms with Gasteiger partial charge in [0.25, 0.3) is 0 Å². The lowest BCUT2D eigenvalue weighted by atomic mass is 9.65. The van der Waals surface area contributed by atoms with Crippen LogP contribution in [-0.4, -0.2) is 22.2 Å². The molecule has 2 heterocycles. The number of rotatable bonds is 4. The molecule has 1 amide bonds. The zero-order valence-corrected chi connectivity index (χ0v) is 21.1. The normalized spacial score (nSPS) is 19.5. The number of carbonyl (C=O) groups is 1. The molecular weight excluding hydrogens is 444 g/mol. The molecule has 0 aliphatic carbocycles. The van der Waals surface area contributed by atoms with Crippen LogP contribution in [0.1, 0.15) is 43.9 Å². The van der Waals surface area contributed by atoms with Gasteiger partial charge in [0.15, 0.2) is 4.34 Å². The van der Waals surface area contributed by atoms with Crippen LogP contribution in [-0.2, 0) is 10.2 Å². The standard InChI is InChI=1S/C28H28N2OS2/c1-19-14-15-23-21(16-19)28(4,20-10-6-5-7-11-20)18-27(2,3)30(23)25(31)17-32-26-29-22-12-8-9-13-24(22)33-26/h5-16H,17-18H2,1-4H3/t28-/m0/s1. The number of aromatic nitrogens is 1. The molecule has 5 rings (SSSR count). The van der Waals surface area contributed by atoms with Crippen LogP contribution < -0.4 is 4.90 Å². The second-order valence-corrected chi connectivity index (χ2v) is 11.9. The van der Waals surface area contributed by atoms with E-state index < -0.39 is 0 Å². The largest absolute Gasteiger partial charge is 0.306 e. The summed E-state index contributed by atoms with van der Waals surface area (Å²) in [6.07, 6.45) is 0.859. The van der Waals surface area contributed by atoms with Crippen molar-refractivity contribution in [3.05, 3.63) is 89.5 Å². The molecule has 168 valence electrons. The molecule has 33 heavy (non-hydrogen) atoms. The third kappa shape index (κ3) is 3.98. The maximum Gasteiger partial charge on any atom is 0.237 e. The minimum absolute atomic E-state index is 0.129. The van der Waals surface area contributed by atoms with E-state index in [4.69, 9.17) is 4.98 Å². The van der Waals surface area contributed by atoms with Crippen molar-refractivity contribution in [1.82, 2.24) is 4.98 Å². The lowest BCUT2D eigenvalue weighted by Crippen LogP contribution is -2.56. The molecule has 4 aromatic rings. The number of para-hydroxylation sites is 1. The maximum absolute atomic E-state index is 13.7. The van der Waals surface area contributed by atoms with Crippen molar-refractivity contribution in [3.63, 3.8) is 0 Å². The van der Waals surface area contributed by atoms with Crippen molar-refractivity contribution in [1.29, 1.82) is 0 Å². The van der Waals surface area contributed by atoms with Gasteiger partial charge < -0.3 is 4.90 Å².